The molecule has 2 heterocycles. The Labute approximate surface area is 140 Å². The number of nitrogens with zero attached hydrogens (tertiary/aromatic N) is 1. The fourth-order valence-electron chi connectivity index (χ4n) is 3.67. The van der Waals surface area contributed by atoms with Crippen molar-refractivity contribution in [1.29, 1.82) is 0 Å². The summed E-state index contributed by atoms with van der Waals surface area (Å²) in [7, 11) is 0. The van der Waals surface area contributed by atoms with Crippen LogP contribution in [0.5, 0.6) is 5.75 Å². The van der Waals surface area contributed by atoms with Crippen molar-refractivity contribution in [2.24, 2.45) is 0 Å². The first-order valence-electron chi connectivity index (χ1n) is 8.98. The Kier molecular flexibility index (Phi) is 5.12. The molecule has 4 unspecified atom stereocenters. The zero-order valence-corrected chi connectivity index (χ0v) is 14.8. The van der Waals surface area contributed by atoms with Gasteiger partial charge in [0.25, 0.3) is 0 Å². The van der Waals surface area contributed by atoms with Crippen molar-refractivity contribution in [2.75, 3.05) is 25.0 Å². The average molecular weight is 318 g/mol. The van der Waals surface area contributed by atoms with Crippen molar-refractivity contribution in [3.63, 3.8) is 0 Å². The van der Waals surface area contributed by atoms with Gasteiger partial charge >= 0.3 is 0 Å². The van der Waals surface area contributed by atoms with Crippen LogP contribution in [0, 0.1) is 0 Å². The summed E-state index contributed by atoms with van der Waals surface area (Å²) in [6, 6.07) is 7.11. The lowest BCUT2D eigenvalue weighted by atomic mass is 10.0. The minimum Gasteiger partial charge on any atom is -0.486 e. The molecule has 1 saturated heterocycles. The molecule has 4 nitrogen and oxygen atoms in total. The van der Waals surface area contributed by atoms with Crippen LogP contribution >= 0.6 is 0 Å². The van der Waals surface area contributed by atoms with Crippen LogP contribution in [0.25, 0.3) is 0 Å². The molecule has 4 heteroatoms. The topological polar surface area (TPSA) is 33.7 Å². The maximum Gasteiger partial charge on any atom is 0.142 e. The molecule has 1 N–H and O–H groups in total. The van der Waals surface area contributed by atoms with E-state index in [1.165, 1.54) is 5.56 Å². The van der Waals surface area contributed by atoms with Gasteiger partial charge in [-0.3, -0.25) is 4.90 Å². The van der Waals surface area contributed by atoms with E-state index in [4.69, 9.17) is 9.47 Å². The van der Waals surface area contributed by atoms with Gasteiger partial charge in [-0.15, -0.1) is 0 Å². The van der Waals surface area contributed by atoms with E-state index < -0.39 is 0 Å². The standard InChI is InChI=1S/C19H30N2O2/c1-5-17-10-20-18-9-16(6-7-19(18)23-17)8-13(2)21-11-14(3)22-15(4)12-21/h6-7,9,13-15,17,20H,5,8,10-12H2,1-4H3. The maximum absolute atomic E-state index is 6.00. The van der Waals surface area contributed by atoms with E-state index in [1.54, 1.807) is 0 Å². The van der Waals surface area contributed by atoms with Crippen LogP contribution in [0.15, 0.2) is 18.2 Å². The lowest BCUT2D eigenvalue weighted by molar-refractivity contribution is -0.0782. The minimum atomic E-state index is 0.295. The second kappa shape index (κ2) is 7.10. The van der Waals surface area contributed by atoms with Crippen LogP contribution in [0.4, 0.5) is 5.69 Å². The number of nitrogens with one attached hydrogen (secondary N) is 1. The molecule has 1 fully saturated rings. The Morgan fingerprint density at radius 1 is 1.26 bits per heavy atom. The van der Waals surface area contributed by atoms with E-state index in [-0.39, 0.29) is 0 Å². The fraction of sp³-hybridized carbons (Fsp3) is 0.684. The SMILES string of the molecule is CCC1CNc2cc(CC(C)N3CC(C)OC(C)C3)ccc2O1. The first-order chi connectivity index (χ1) is 11.0. The van der Waals surface area contributed by atoms with Gasteiger partial charge in [0.2, 0.25) is 0 Å². The molecule has 0 spiro atoms. The normalized spacial score (nSPS) is 29.3. The van der Waals surface area contributed by atoms with Gasteiger partial charge in [0, 0.05) is 19.1 Å². The molecule has 2 aliphatic rings. The highest BCUT2D eigenvalue weighted by Gasteiger charge is 2.26. The summed E-state index contributed by atoms with van der Waals surface area (Å²) >= 11 is 0. The Morgan fingerprint density at radius 2 is 2.00 bits per heavy atom. The summed E-state index contributed by atoms with van der Waals surface area (Å²) in [5, 5.41) is 3.51. The second-order valence-corrected chi connectivity index (χ2v) is 7.12. The first kappa shape index (κ1) is 16.6. The van der Waals surface area contributed by atoms with Crippen molar-refractivity contribution >= 4 is 5.69 Å². The summed E-state index contributed by atoms with van der Waals surface area (Å²) in [6.07, 6.45) is 3.05. The van der Waals surface area contributed by atoms with Crippen LogP contribution < -0.4 is 10.1 Å². The van der Waals surface area contributed by atoms with Crippen molar-refractivity contribution in [2.45, 2.75) is 64.9 Å². The predicted molar refractivity (Wildman–Crippen MR) is 94.4 cm³/mol. The van der Waals surface area contributed by atoms with Crippen LogP contribution in [0.1, 0.15) is 39.7 Å². The van der Waals surface area contributed by atoms with Gasteiger partial charge in [0.1, 0.15) is 11.9 Å². The van der Waals surface area contributed by atoms with Crippen LogP contribution in [0.3, 0.4) is 0 Å². The van der Waals surface area contributed by atoms with Crippen molar-refractivity contribution in [3.05, 3.63) is 23.8 Å². The summed E-state index contributed by atoms with van der Waals surface area (Å²) in [5.74, 6) is 0.994. The van der Waals surface area contributed by atoms with E-state index in [0.29, 0.717) is 24.4 Å². The molecule has 1 aromatic carbocycles. The number of anilines is 1. The molecule has 0 aromatic heterocycles. The van der Waals surface area contributed by atoms with E-state index in [2.05, 4.69) is 56.1 Å². The molecule has 2 aliphatic heterocycles. The number of fused-ring (bicyclic) bond motifs is 1. The molecule has 128 valence electrons. The second-order valence-electron chi connectivity index (χ2n) is 7.12. The van der Waals surface area contributed by atoms with Crippen molar-refractivity contribution < 1.29 is 9.47 Å². The van der Waals surface area contributed by atoms with E-state index >= 15 is 0 Å². The highest BCUT2D eigenvalue weighted by Crippen LogP contribution is 2.31. The molecule has 0 amide bonds. The molecule has 3 rings (SSSR count). The zero-order valence-electron chi connectivity index (χ0n) is 14.8. The number of hydrogen-bond acceptors (Lipinski definition) is 4. The lowest BCUT2D eigenvalue weighted by Gasteiger charge is -2.39. The average Bonchev–Trinajstić information content (AvgIpc) is 2.53. The molecule has 0 radical (unpaired) electrons. The van der Waals surface area contributed by atoms with Gasteiger partial charge in [-0.1, -0.05) is 13.0 Å². The lowest BCUT2D eigenvalue weighted by Crippen LogP contribution is -2.49. The van der Waals surface area contributed by atoms with Gasteiger partial charge in [0.05, 0.1) is 24.4 Å². The number of morpholine rings is 1. The summed E-state index contributed by atoms with van der Waals surface area (Å²) < 4.78 is 11.8. The molecule has 1 aromatic rings. The number of benzene rings is 1. The molecular formula is C19H30N2O2. The highest BCUT2D eigenvalue weighted by molar-refractivity contribution is 5.59. The smallest absolute Gasteiger partial charge is 0.142 e. The third-order valence-corrected chi connectivity index (χ3v) is 4.92. The first-order valence-corrected chi connectivity index (χ1v) is 8.98. The van der Waals surface area contributed by atoms with E-state index in [1.807, 2.05) is 0 Å². The van der Waals surface area contributed by atoms with Gasteiger partial charge < -0.3 is 14.8 Å². The Bertz CT molecular complexity index is 524. The zero-order chi connectivity index (χ0) is 16.4. The minimum absolute atomic E-state index is 0.295. The van der Waals surface area contributed by atoms with Crippen LogP contribution in [-0.4, -0.2) is 48.9 Å². The van der Waals surface area contributed by atoms with E-state index in [9.17, 15) is 0 Å². The fourth-order valence-corrected chi connectivity index (χ4v) is 3.67. The Hall–Kier alpha value is -1.26. The summed E-state index contributed by atoms with van der Waals surface area (Å²) in [6.45, 7) is 11.8. The molecular weight excluding hydrogens is 288 g/mol. The third kappa shape index (κ3) is 3.99. The van der Waals surface area contributed by atoms with E-state index in [0.717, 1.165) is 43.9 Å². The number of hydrogen-bond donors (Lipinski definition) is 1. The molecule has 0 bridgehead atoms. The van der Waals surface area contributed by atoms with Gasteiger partial charge in [-0.25, -0.2) is 0 Å². The van der Waals surface area contributed by atoms with Crippen molar-refractivity contribution in [1.82, 2.24) is 4.90 Å². The number of ether oxygens (including phenoxy) is 2. The van der Waals surface area contributed by atoms with Gasteiger partial charge in [-0.05, 0) is 51.3 Å². The Morgan fingerprint density at radius 3 is 2.70 bits per heavy atom. The molecule has 0 saturated carbocycles. The molecule has 23 heavy (non-hydrogen) atoms. The highest BCUT2D eigenvalue weighted by atomic mass is 16.5. The number of rotatable bonds is 4. The van der Waals surface area contributed by atoms with Gasteiger partial charge in [-0.2, -0.15) is 0 Å². The monoisotopic (exact) mass is 318 g/mol. The predicted octanol–water partition coefficient (Wildman–Crippen LogP) is 3.31. The largest absolute Gasteiger partial charge is 0.486 e. The summed E-state index contributed by atoms with van der Waals surface area (Å²) in [4.78, 5) is 2.55. The maximum atomic E-state index is 6.00. The molecule has 0 aliphatic carbocycles. The van der Waals surface area contributed by atoms with Crippen LogP contribution in [-0.2, 0) is 11.2 Å². The molecule has 4 atom stereocenters. The third-order valence-electron chi connectivity index (χ3n) is 4.92. The quantitative estimate of drug-likeness (QED) is 0.923. The Balaban J connectivity index is 1.64. The van der Waals surface area contributed by atoms with Gasteiger partial charge in [0.15, 0.2) is 0 Å². The van der Waals surface area contributed by atoms with Crippen LogP contribution in [0.2, 0.25) is 0 Å². The summed E-state index contributed by atoms with van der Waals surface area (Å²) in [5.41, 5.74) is 2.51. The van der Waals surface area contributed by atoms with Crippen molar-refractivity contribution in [3.8, 4) is 5.75 Å².